The second-order valence-electron chi connectivity index (χ2n) is 5.92. The SMILES string of the molecule is CNC(=O)C(C)N(Cc1ccc(F)cc1)C(=O)CSCc1ccccc1. The molecule has 0 radical (unpaired) electrons. The van der Waals surface area contributed by atoms with Crippen LogP contribution in [0.4, 0.5) is 4.39 Å². The van der Waals surface area contributed by atoms with E-state index in [1.54, 1.807) is 26.1 Å². The molecular weight excluding hydrogens is 351 g/mol. The molecule has 2 amide bonds. The third-order valence-corrected chi connectivity index (χ3v) is 5.01. The maximum atomic E-state index is 13.1. The Kier molecular flexibility index (Phi) is 7.66. The topological polar surface area (TPSA) is 49.4 Å². The Morgan fingerprint density at radius 2 is 1.73 bits per heavy atom. The molecule has 0 heterocycles. The van der Waals surface area contributed by atoms with Crippen LogP contribution in [-0.4, -0.2) is 35.6 Å². The van der Waals surface area contributed by atoms with Crippen LogP contribution in [0.1, 0.15) is 18.1 Å². The first-order valence-corrected chi connectivity index (χ1v) is 9.54. The molecule has 1 N–H and O–H groups in total. The van der Waals surface area contributed by atoms with Gasteiger partial charge in [0, 0.05) is 19.3 Å². The van der Waals surface area contributed by atoms with Gasteiger partial charge in [-0.1, -0.05) is 42.5 Å². The first-order chi connectivity index (χ1) is 12.5. The van der Waals surface area contributed by atoms with Crippen LogP contribution in [0, 0.1) is 5.82 Å². The number of amides is 2. The summed E-state index contributed by atoms with van der Waals surface area (Å²) in [5.74, 6) is 0.326. The normalized spacial score (nSPS) is 11.7. The zero-order chi connectivity index (χ0) is 18.9. The molecule has 6 heteroatoms. The lowest BCUT2D eigenvalue weighted by Gasteiger charge is -2.28. The van der Waals surface area contributed by atoms with Gasteiger partial charge in [-0.3, -0.25) is 9.59 Å². The van der Waals surface area contributed by atoms with E-state index in [0.29, 0.717) is 0 Å². The molecule has 0 aliphatic carbocycles. The molecule has 2 rings (SSSR count). The number of nitrogens with one attached hydrogen (secondary N) is 1. The van der Waals surface area contributed by atoms with Crippen molar-refractivity contribution in [2.45, 2.75) is 25.3 Å². The maximum absolute atomic E-state index is 13.1. The smallest absolute Gasteiger partial charge is 0.242 e. The van der Waals surface area contributed by atoms with Crippen molar-refractivity contribution < 1.29 is 14.0 Å². The van der Waals surface area contributed by atoms with Gasteiger partial charge in [0.15, 0.2) is 0 Å². The lowest BCUT2D eigenvalue weighted by atomic mass is 10.1. The van der Waals surface area contributed by atoms with E-state index in [1.165, 1.54) is 28.8 Å². The van der Waals surface area contributed by atoms with Crippen molar-refractivity contribution in [1.29, 1.82) is 0 Å². The Labute approximate surface area is 157 Å². The summed E-state index contributed by atoms with van der Waals surface area (Å²) < 4.78 is 13.1. The summed E-state index contributed by atoms with van der Waals surface area (Å²) in [7, 11) is 1.55. The lowest BCUT2D eigenvalue weighted by molar-refractivity contribution is -0.138. The Morgan fingerprint density at radius 1 is 1.08 bits per heavy atom. The lowest BCUT2D eigenvalue weighted by Crippen LogP contribution is -2.47. The summed E-state index contributed by atoms with van der Waals surface area (Å²) in [5, 5.41) is 2.58. The standard InChI is InChI=1S/C20H23FN2O2S/c1-15(20(25)22-2)23(12-16-8-10-18(21)11-9-16)19(24)14-26-13-17-6-4-3-5-7-17/h3-11,15H,12-14H2,1-2H3,(H,22,25). The highest BCUT2D eigenvalue weighted by Gasteiger charge is 2.25. The average Bonchev–Trinajstić information content (AvgIpc) is 2.67. The summed E-state index contributed by atoms with van der Waals surface area (Å²) in [4.78, 5) is 26.3. The monoisotopic (exact) mass is 374 g/mol. The van der Waals surface area contributed by atoms with Crippen LogP contribution in [0.25, 0.3) is 0 Å². The minimum Gasteiger partial charge on any atom is -0.357 e. The molecule has 0 saturated heterocycles. The Bertz CT molecular complexity index is 722. The minimum absolute atomic E-state index is 0.119. The van der Waals surface area contributed by atoms with E-state index in [1.807, 2.05) is 30.3 Å². The molecule has 138 valence electrons. The summed E-state index contributed by atoms with van der Waals surface area (Å²) >= 11 is 1.51. The van der Waals surface area contributed by atoms with Gasteiger partial charge in [-0.25, -0.2) is 4.39 Å². The van der Waals surface area contributed by atoms with Gasteiger partial charge >= 0.3 is 0 Å². The van der Waals surface area contributed by atoms with E-state index in [2.05, 4.69) is 5.32 Å². The molecule has 2 aromatic carbocycles. The quantitative estimate of drug-likeness (QED) is 0.772. The molecule has 0 bridgehead atoms. The highest BCUT2D eigenvalue weighted by Crippen LogP contribution is 2.16. The third-order valence-electron chi connectivity index (χ3n) is 4.02. The molecule has 0 fully saturated rings. The maximum Gasteiger partial charge on any atom is 0.242 e. The Balaban J connectivity index is 2.02. The first-order valence-electron chi connectivity index (χ1n) is 8.38. The van der Waals surface area contributed by atoms with Gasteiger partial charge < -0.3 is 10.2 Å². The molecular formula is C20H23FN2O2S. The second kappa shape index (κ2) is 9.97. The van der Waals surface area contributed by atoms with E-state index in [-0.39, 0.29) is 29.9 Å². The van der Waals surface area contributed by atoms with E-state index in [4.69, 9.17) is 0 Å². The highest BCUT2D eigenvalue weighted by molar-refractivity contribution is 7.99. The molecule has 2 aromatic rings. The van der Waals surface area contributed by atoms with Gasteiger partial charge in [0.2, 0.25) is 11.8 Å². The van der Waals surface area contributed by atoms with Crippen LogP contribution in [0.3, 0.4) is 0 Å². The van der Waals surface area contributed by atoms with Crippen LogP contribution in [-0.2, 0) is 21.9 Å². The molecule has 0 saturated carbocycles. The molecule has 0 spiro atoms. The van der Waals surface area contributed by atoms with Crippen molar-refractivity contribution in [1.82, 2.24) is 10.2 Å². The minimum atomic E-state index is -0.602. The number of thioether (sulfide) groups is 1. The fourth-order valence-electron chi connectivity index (χ4n) is 2.49. The van der Waals surface area contributed by atoms with Crippen LogP contribution in [0.2, 0.25) is 0 Å². The number of benzene rings is 2. The largest absolute Gasteiger partial charge is 0.357 e. The van der Waals surface area contributed by atoms with Crippen molar-refractivity contribution in [2.24, 2.45) is 0 Å². The third kappa shape index (κ3) is 5.88. The predicted molar refractivity (Wildman–Crippen MR) is 103 cm³/mol. The number of halogens is 1. The van der Waals surface area contributed by atoms with Gasteiger partial charge in [-0.2, -0.15) is 0 Å². The van der Waals surface area contributed by atoms with Crippen molar-refractivity contribution in [3.63, 3.8) is 0 Å². The van der Waals surface area contributed by atoms with E-state index in [9.17, 15) is 14.0 Å². The fourth-order valence-corrected chi connectivity index (χ4v) is 3.36. The van der Waals surface area contributed by atoms with Gasteiger partial charge in [-0.15, -0.1) is 11.8 Å². The van der Waals surface area contributed by atoms with Crippen molar-refractivity contribution >= 4 is 23.6 Å². The van der Waals surface area contributed by atoms with Gasteiger partial charge in [-0.05, 0) is 30.2 Å². The molecule has 1 atom stereocenters. The summed E-state index contributed by atoms with van der Waals surface area (Å²) in [6.45, 7) is 1.96. The molecule has 0 aliphatic heterocycles. The molecule has 0 aliphatic rings. The van der Waals surface area contributed by atoms with Crippen LogP contribution in [0.15, 0.2) is 54.6 Å². The number of rotatable bonds is 8. The molecule has 0 aromatic heterocycles. The van der Waals surface area contributed by atoms with Crippen molar-refractivity contribution in [2.75, 3.05) is 12.8 Å². The number of carbonyl (C=O) groups excluding carboxylic acids is 2. The highest BCUT2D eigenvalue weighted by atomic mass is 32.2. The van der Waals surface area contributed by atoms with E-state index in [0.717, 1.165) is 16.9 Å². The Morgan fingerprint density at radius 3 is 2.35 bits per heavy atom. The number of hydrogen-bond acceptors (Lipinski definition) is 3. The summed E-state index contributed by atoms with van der Waals surface area (Å²) in [6, 6.07) is 15.3. The van der Waals surface area contributed by atoms with Crippen LogP contribution >= 0.6 is 11.8 Å². The van der Waals surface area contributed by atoms with Gasteiger partial charge in [0.25, 0.3) is 0 Å². The number of likely N-dealkylation sites (N-methyl/N-ethyl adjacent to an activating group) is 1. The zero-order valence-corrected chi connectivity index (χ0v) is 15.8. The van der Waals surface area contributed by atoms with Gasteiger partial charge in [0.05, 0.1) is 5.75 Å². The van der Waals surface area contributed by atoms with E-state index < -0.39 is 6.04 Å². The molecule has 1 unspecified atom stereocenters. The van der Waals surface area contributed by atoms with Crippen LogP contribution < -0.4 is 5.32 Å². The molecule has 4 nitrogen and oxygen atoms in total. The molecule has 26 heavy (non-hydrogen) atoms. The number of carbonyl (C=O) groups is 2. The predicted octanol–water partition coefficient (Wildman–Crippen LogP) is 3.22. The average molecular weight is 374 g/mol. The van der Waals surface area contributed by atoms with E-state index >= 15 is 0 Å². The second-order valence-corrected chi connectivity index (χ2v) is 6.90. The van der Waals surface area contributed by atoms with Gasteiger partial charge in [0.1, 0.15) is 11.9 Å². The summed E-state index contributed by atoms with van der Waals surface area (Å²) in [5.41, 5.74) is 1.93. The fraction of sp³-hybridized carbons (Fsp3) is 0.300. The zero-order valence-electron chi connectivity index (χ0n) is 14.9. The Hall–Kier alpha value is -2.34. The van der Waals surface area contributed by atoms with Crippen molar-refractivity contribution in [3.05, 3.63) is 71.5 Å². The summed E-state index contributed by atoms with van der Waals surface area (Å²) in [6.07, 6.45) is 0. The van der Waals surface area contributed by atoms with Crippen molar-refractivity contribution in [3.8, 4) is 0 Å². The number of hydrogen-bond donors (Lipinski definition) is 1. The number of nitrogens with zero attached hydrogens (tertiary/aromatic N) is 1. The van der Waals surface area contributed by atoms with Crippen LogP contribution in [0.5, 0.6) is 0 Å². The first kappa shape index (κ1) is 20.0.